The van der Waals surface area contributed by atoms with Crippen LogP contribution in [0.25, 0.3) is 0 Å². The smallest absolute Gasteiger partial charge is 0.471 e. The van der Waals surface area contributed by atoms with Gasteiger partial charge in [-0.3, -0.25) is 19.3 Å². The molecule has 2 N–H and O–H groups in total. The highest BCUT2D eigenvalue weighted by Gasteiger charge is 2.43. The van der Waals surface area contributed by atoms with E-state index in [1.165, 1.54) is 24.0 Å². The lowest BCUT2D eigenvalue weighted by molar-refractivity contribution is -0.173. The monoisotopic (exact) mass is 469 g/mol. The summed E-state index contributed by atoms with van der Waals surface area (Å²) in [6.45, 7) is 0.753. The number of nitrogens with one attached hydrogen (secondary N) is 2. The van der Waals surface area contributed by atoms with Crippen LogP contribution in [-0.2, 0) is 14.4 Å². The van der Waals surface area contributed by atoms with Gasteiger partial charge in [0.2, 0.25) is 11.8 Å². The van der Waals surface area contributed by atoms with Crippen LogP contribution in [0.4, 0.5) is 24.5 Å². The molecule has 2 aromatic carbocycles. The molecule has 0 aromatic heterocycles. The molecule has 11 heteroatoms. The SMILES string of the molecule is CC(=O)Nc1ccc2c(c1)N(C(=O)CCl)C(CNC(=O)C(F)(F)F)C(c1ccccc1)O2. The first-order valence-corrected chi connectivity index (χ1v) is 10.0. The van der Waals surface area contributed by atoms with E-state index >= 15 is 0 Å². The molecule has 3 amide bonds. The summed E-state index contributed by atoms with van der Waals surface area (Å²) in [5.74, 6) is -3.30. The van der Waals surface area contributed by atoms with Gasteiger partial charge in [-0.25, -0.2) is 0 Å². The highest BCUT2D eigenvalue weighted by molar-refractivity contribution is 6.29. The predicted molar refractivity (Wildman–Crippen MR) is 112 cm³/mol. The molecular weight excluding hydrogens is 451 g/mol. The third-order valence-electron chi connectivity index (χ3n) is 4.71. The summed E-state index contributed by atoms with van der Waals surface area (Å²) in [6, 6.07) is 12.1. The number of benzene rings is 2. The lowest BCUT2D eigenvalue weighted by atomic mass is 9.97. The number of hydrogen-bond donors (Lipinski definition) is 2. The molecule has 0 saturated heterocycles. The Morgan fingerprint density at radius 1 is 1.12 bits per heavy atom. The predicted octanol–water partition coefficient (Wildman–Crippen LogP) is 3.40. The Hall–Kier alpha value is -3.27. The molecule has 0 fully saturated rings. The van der Waals surface area contributed by atoms with E-state index in [0.29, 0.717) is 11.3 Å². The van der Waals surface area contributed by atoms with Gasteiger partial charge in [0.15, 0.2) is 0 Å². The number of hydrogen-bond acceptors (Lipinski definition) is 4. The molecule has 1 aliphatic rings. The van der Waals surface area contributed by atoms with Crippen LogP contribution in [0.15, 0.2) is 48.5 Å². The summed E-state index contributed by atoms with van der Waals surface area (Å²) in [4.78, 5) is 36.9. The molecular formula is C21H19ClF3N3O4. The number of rotatable bonds is 5. The molecule has 7 nitrogen and oxygen atoms in total. The fourth-order valence-electron chi connectivity index (χ4n) is 3.43. The van der Waals surface area contributed by atoms with Crippen molar-refractivity contribution in [3.8, 4) is 5.75 Å². The Morgan fingerprint density at radius 2 is 1.81 bits per heavy atom. The van der Waals surface area contributed by atoms with Crippen molar-refractivity contribution in [3.63, 3.8) is 0 Å². The minimum atomic E-state index is -5.09. The Morgan fingerprint density at radius 3 is 2.41 bits per heavy atom. The van der Waals surface area contributed by atoms with E-state index < -0.39 is 42.6 Å². The zero-order valence-electron chi connectivity index (χ0n) is 16.8. The Balaban J connectivity index is 2.07. The third kappa shape index (κ3) is 5.13. The van der Waals surface area contributed by atoms with Crippen LogP contribution in [0.3, 0.4) is 0 Å². The molecule has 0 aliphatic carbocycles. The number of carbonyl (C=O) groups is 3. The summed E-state index contributed by atoms with van der Waals surface area (Å²) < 4.78 is 44.4. The minimum Gasteiger partial charge on any atom is -0.481 e. The third-order valence-corrected chi connectivity index (χ3v) is 4.94. The highest BCUT2D eigenvalue weighted by atomic mass is 35.5. The highest BCUT2D eigenvalue weighted by Crippen LogP contribution is 2.43. The van der Waals surface area contributed by atoms with Gasteiger partial charge in [0.1, 0.15) is 17.7 Å². The summed E-state index contributed by atoms with van der Waals surface area (Å²) in [7, 11) is 0. The summed E-state index contributed by atoms with van der Waals surface area (Å²) >= 11 is 5.80. The van der Waals surface area contributed by atoms with Crippen LogP contribution in [0.2, 0.25) is 0 Å². The number of alkyl halides is 4. The summed E-state index contributed by atoms with van der Waals surface area (Å²) in [5, 5.41) is 4.40. The van der Waals surface area contributed by atoms with E-state index in [0.717, 1.165) is 0 Å². The molecule has 2 aromatic rings. The van der Waals surface area contributed by atoms with Crippen LogP contribution >= 0.6 is 11.6 Å². The fraction of sp³-hybridized carbons (Fsp3) is 0.286. The lowest BCUT2D eigenvalue weighted by Gasteiger charge is -2.42. The molecule has 0 saturated carbocycles. The Kier molecular flexibility index (Phi) is 6.93. The number of amides is 3. The normalized spacial score (nSPS) is 17.7. The molecule has 2 unspecified atom stereocenters. The molecule has 0 radical (unpaired) electrons. The van der Waals surface area contributed by atoms with E-state index in [2.05, 4.69) is 5.32 Å². The molecule has 170 valence electrons. The first-order chi connectivity index (χ1) is 15.1. The van der Waals surface area contributed by atoms with Gasteiger partial charge in [0.25, 0.3) is 0 Å². The van der Waals surface area contributed by atoms with Crippen molar-refractivity contribution in [2.75, 3.05) is 22.6 Å². The zero-order chi connectivity index (χ0) is 23.5. The van der Waals surface area contributed by atoms with Gasteiger partial charge in [-0.05, 0) is 23.8 Å². The molecule has 0 bridgehead atoms. The maximum Gasteiger partial charge on any atom is 0.471 e. The van der Waals surface area contributed by atoms with Crippen LogP contribution in [0.1, 0.15) is 18.6 Å². The van der Waals surface area contributed by atoms with E-state index in [1.807, 2.05) is 5.32 Å². The van der Waals surface area contributed by atoms with Crippen molar-refractivity contribution < 1.29 is 32.3 Å². The fourth-order valence-corrected chi connectivity index (χ4v) is 3.56. The van der Waals surface area contributed by atoms with E-state index in [9.17, 15) is 27.6 Å². The molecule has 2 atom stereocenters. The number of anilines is 2. The van der Waals surface area contributed by atoms with Gasteiger partial charge < -0.3 is 15.4 Å². The summed E-state index contributed by atoms with van der Waals surface area (Å²) in [6.07, 6.45) is -5.98. The largest absolute Gasteiger partial charge is 0.481 e. The molecule has 3 rings (SSSR count). The van der Waals surface area contributed by atoms with Crippen molar-refractivity contribution in [1.82, 2.24) is 5.32 Å². The van der Waals surface area contributed by atoms with Crippen LogP contribution in [-0.4, -0.2) is 42.4 Å². The topological polar surface area (TPSA) is 87.7 Å². The maximum atomic E-state index is 12.8. The lowest BCUT2D eigenvalue weighted by Crippen LogP contribution is -2.55. The van der Waals surface area contributed by atoms with Crippen molar-refractivity contribution >= 4 is 40.7 Å². The molecule has 1 heterocycles. The average molecular weight is 470 g/mol. The van der Waals surface area contributed by atoms with Crippen molar-refractivity contribution in [2.45, 2.75) is 25.2 Å². The Bertz CT molecular complexity index is 1020. The molecule has 1 aliphatic heterocycles. The molecule has 32 heavy (non-hydrogen) atoms. The van der Waals surface area contributed by atoms with Gasteiger partial charge in [-0.15, -0.1) is 11.6 Å². The van der Waals surface area contributed by atoms with E-state index in [-0.39, 0.29) is 17.3 Å². The number of halogens is 4. The second-order valence-corrected chi connectivity index (χ2v) is 7.25. The maximum absolute atomic E-state index is 12.8. The zero-order valence-corrected chi connectivity index (χ0v) is 17.5. The minimum absolute atomic E-state index is 0.209. The van der Waals surface area contributed by atoms with Crippen LogP contribution in [0.5, 0.6) is 5.75 Å². The summed E-state index contributed by atoms with van der Waals surface area (Å²) in [5.41, 5.74) is 1.14. The van der Waals surface area contributed by atoms with Crippen molar-refractivity contribution in [1.29, 1.82) is 0 Å². The van der Waals surface area contributed by atoms with Gasteiger partial charge in [-0.1, -0.05) is 30.3 Å². The van der Waals surface area contributed by atoms with Crippen molar-refractivity contribution in [2.24, 2.45) is 0 Å². The van der Waals surface area contributed by atoms with Gasteiger partial charge in [0.05, 0.1) is 11.7 Å². The number of nitrogens with zero attached hydrogens (tertiary/aromatic N) is 1. The van der Waals surface area contributed by atoms with Gasteiger partial charge in [0, 0.05) is 19.2 Å². The van der Waals surface area contributed by atoms with Gasteiger partial charge >= 0.3 is 12.1 Å². The number of ether oxygens (including phenoxy) is 1. The Labute approximate surface area is 186 Å². The number of carbonyl (C=O) groups excluding carboxylic acids is 3. The van der Waals surface area contributed by atoms with Crippen molar-refractivity contribution in [3.05, 3.63) is 54.1 Å². The average Bonchev–Trinajstić information content (AvgIpc) is 2.75. The van der Waals surface area contributed by atoms with Crippen LogP contribution < -0.4 is 20.3 Å². The first-order valence-electron chi connectivity index (χ1n) is 9.48. The first kappa shape index (κ1) is 23.4. The van der Waals surface area contributed by atoms with E-state index in [4.69, 9.17) is 16.3 Å². The second-order valence-electron chi connectivity index (χ2n) is 6.99. The van der Waals surface area contributed by atoms with Crippen LogP contribution in [0, 0.1) is 0 Å². The van der Waals surface area contributed by atoms with Gasteiger partial charge in [-0.2, -0.15) is 13.2 Å². The second kappa shape index (κ2) is 9.47. The number of fused-ring (bicyclic) bond motifs is 1. The quantitative estimate of drug-likeness (QED) is 0.657. The molecule has 0 spiro atoms. The van der Waals surface area contributed by atoms with E-state index in [1.54, 1.807) is 36.4 Å². The standard InChI is InChI=1S/C21H19ClF3N3O4/c1-12(29)27-14-7-8-17-15(9-14)28(18(30)10-22)16(11-26-20(31)21(23,24)25)19(32-17)13-5-3-2-4-6-13/h2-9,16,19H,10-11H2,1H3,(H,26,31)(H,27,29).